The topological polar surface area (TPSA) is 70.1 Å². The number of carbonyl (C=O) groups excluding carboxylic acids is 1. The van der Waals surface area contributed by atoms with E-state index in [0.29, 0.717) is 17.7 Å². The first-order valence-electron chi connectivity index (χ1n) is 9.82. The number of hydrogen-bond donors (Lipinski definition) is 1. The molecule has 1 aliphatic carbocycles. The van der Waals surface area contributed by atoms with Gasteiger partial charge in [0.15, 0.2) is 5.78 Å². The fourth-order valence-corrected chi connectivity index (χ4v) is 6.00. The Hall–Kier alpha value is -2.57. The van der Waals surface area contributed by atoms with Gasteiger partial charge in [-0.25, -0.2) is 0 Å². The molecule has 1 aliphatic heterocycles. The quantitative estimate of drug-likeness (QED) is 0.491. The van der Waals surface area contributed by atoms with E-state index in [2.05, 4.69) is 22.0 Å². The number of carbonyl (C=O) groups is 1. The number of ketones is 1. The molecule has 9 heteroatoms. The highest BCUT2D eigenvalue weighted by Gasteiger charge is 2.46. The molecule has 4 rings (SSSR count). The van der Waals surface area contributed by atoms with E-state index in [0.717, 1.165) is 14.7 Å². The van der Waals surface area contributed by atoms with Gasteiger partial charge in [-0.2, -0.15) is 18.4 Å². The highest BCUT2D eigenvalue weighted by atomic mass is 79.9. The minimum atomic E-state index is -4.63. The van der Waals surface area contributed by atoms with Crippen molar-refractivity contribution in [2.75, 3.05) is 4.90 Å². The first kappa shape index (κ1) is 22.6. The molecule has 2 N–H and O–H groups in total. The summed E-state index contributed by atoms with van der Waals surface area (Å²) in [6.07, 6.45) is -4.04. The number of Topliss-reactive ketones (excluding diaryl/α,β-unsaturated/α-hetero) is 1. The van der Waals surface area contributed by atoms with E-state index < -0.39 is 23.1 Å². The van der Waals surface area contributed by atoms with Crippen LogP contribution in [0.2, 0.25) is 0 Å². The number of thiophene rings is 1. The molecule has 0 bridgehead atoms. The van der Waals surface area contributed by atoms with Crippen molar-refractivity contribution in [1.29, 1.82) is 5.26 Å². The second-order valence-corrected chi connectivity index (χ2v) is 11.1. The molecule has 1 atom stereocenters. The number of benzene rings is 1. The Bertz CT molecular complexity index is 1220. The molecule has 2 aliphatic rings. The average molecular weight is 522 g/mol. The maximum absolute atomic E-state index is 13.9. The molecule has 4 nitrogen and oxygen atoms in total. The van der Waals surface area contributed by atoms with Gasteiger partial charge in [0.05, 0.1) is 32.6 Å². The number of anilines is 1. The molecular formula is C23H19BrF3N3OS. The molecule has 1 aromatic heterocycles. The van der Waals surface area contributed by atoms with Gasteiger partial charge in [-0.15, -0.1) is 11.3 Å². The van der Waals surface area contributed by atoms with Crippen LogP contribution in [0.4, 0.5) is 18.9 Å². The summed E-state index contributed by atoms with van der Waals surface area (Å²) >= 11 is 4.78. The van der Waals surface area contributed by atoms with Gasteiger partial charge in [-0.05, 0) is 52.0 Å². The normalized spacial score (nSPS) is 21.0. The Morgan fingerprint density at radius 3 is 2.50 bits per heavy atom. The van der Waals surface area contributed by atoms with Crippen molar-refractivity contribution in [2.45, 2.75) is 38.8 Å². The summed E-state index contributed by atoms with van der Waals surface area (Å²) in [5, 5.41) is 10.00. The fraction of sp³-hybridized carbons (Fsp3) is 0.304. The van der Waals surface area contributed by atoms with Crippen LogP contribution in [0.5, 0.6) is 0 Å². The largest absolute Gasteiger partial charge is 0.418 e. The van der Waals surface area contributed by atoms with E-state index in [4.69, 9.17) is 5.73 Å². The van der Waals surface area contributed by atoms with Crippen LogP contribution in [0.1, 0.15) is 43.0 Å². The number of hydrogen-bond acceptors (Lipinski definition) is 5. The van der Waals surface area contributed by atoms with Crippen molar-refractivity contribution < 1.29 is 18.0 Å². The first-order valence-corrected chi connectivity index (χ1v) is 11.4. The molecule has 0 fully saturated rings. The Morgan fingerprint density at radius 1 is 1.22 bits per heavy atom. The molecule has 0 amide bonds. The summed E-state index contributed by atoms with van der Waals surface area (Å²) in [5.74, 6) is -0.965. The zero-order valence-corrected chi connectivity index (χ0v) is 19.7. The molecule has 1 aromatic carbocycles. The van der Waals surface area contributed by atoms with E-state index in [-0.39, 0.29) is 29.3 Å². The minimum absolute atomic E-state index is 0.0723. The SMILES string of the molecule is CC1(C)CC(=O)C2=C(C1)N(c1ccccc1C(F)(F)F)C(N)=C(C#N)C2c1ccc(Br)s1. The molecule has 2 aromatic rings. The number of nitrogens with zero attached hydrogens (tertiary/aromatic N) is 2. The van der Waals surface area contributed by atoms with E-state index in [9.17, 15) is 23.2 Å². The Kier molecular flexibility index (Phi) is 5.50. The number of nitriles is 1. The number of allylic oxidation sites excluding steroid dienone is 3. The van der Waals surface area contributed by atoms with Crippen LogP contribution >= 0.6 is 27.3 Å². The number of rotatable bonds is 2. The molecule has 0 saturated carbocycles. The van der Waals surface area contributed by atoms with Gasteiger partial charge in [0.25, 0.3) is 0 Å². The number of halogens is 4. The van der Waals surface area contributed by atoms with Gasteiger partial charge in [-0.3, -0.25) is 9.69 Å². The molecule has 2 heterocycles. The highest BCUT2D eigenvalue weighted by molar-refractivity contribution is 9.11. The van der Waals surface area contributed by atoms with E-state index in [1.807, 2.05) is 19.9 Å². The van der Waals surface area contributed by atoms with Crippen LogP contribution in [0.15, 0.2) is 62.8 Å². The summed E-state index contributed by atoms with van der Waals surface area (Å²) in [6, 6.07) is 10.8. The smallest absolute Gasteiger partial charge is 0.384 e. The van der Waals surface area contributed by atoms with Crippen LogP contribution in [0, 0.1) is 16.7 Å². The zero-order chi connectivity index (χ0) is 23.4. The van der Waals surface area contributed by atoms with Crippen LogP contribution in [0.25, 0.3) is 0 Å². The Morgan fingerprint density at radius 2 is 1.91 bits per heavy atom. The third kappa shape index (κ3) is 3.76. The summed E-state index contributed by atoms with van der Waals surface area (Å²) < 4.78 is 42.4. The second kappa shape index (κ2) is 7.78. The van der Waals surface area contributed by atoms with E-state index >= 15 is 0 Å². The van der Waals surface area contributed by atoms with E-state index in [1.54, 1.807) is 6.07 Å². The van der Waals surface area contributed by atoms with Crippen molar-refractivity contribution in [2.24, 2.45) is 11.1 Å². The maximum atomic E-state index is 13.9. The molecule has 1 unspecified atom stereocenters. The standard InChI is InChI=1S/C23H19BrF3N3OS/c1-22(2)9-15-20(16(31)10-22)19(17-7-8-18(24)32-17)12(11-28)21(29)30(15)14-6-4-3-5-13(14)23(25,26)27/h3-8,19H,9-10,29H2,1-2H3. The van der Waals surface area contributed by atoms with Crippen LogP contribution < -0.4 is 10.6 Å². The van der Waals surface area contributed by atoms with Gasteiger partial charge in [0.2, 0.25) is 0 Å². The lowest BCUT2D eigenvalue weighted by molar-refractivity contribution is -0.137. The predicted molar refractivity (Wildman–Crippen MR) is 121 cm³/mol. The van der Waals surface area contributed by atoms with Crippen molar-refractivity contribution in [3.63, 3.8) is 0 Å². The summed E-state index contributed by atoms with van der Waals surface area (Å²) in [6.45, 7) is 3.80. The van der Waals surface area contributed by atoms with Crippen molar-refractivity contribution in [1.82, 2.24) is 0 Å². The average Bonchev–Trinajstić information content (AvgIpc) is 3.11. The lowest BCUT2D eigenvalue weighted by Crippen LogP contribution is -2.42. The molecule has 0 spiro atoms. The first-order chi connectivity index (χ1) is 14.9. The van der Waals surface area contributed by atoms with Crippen molar-refractivity contribution in [3.8, 4) is 6.07 Å². The van der Waals surface area contributed by atoms with Crippen LogP contribution in [-0.4, -0.2) is 5.78 Å². The molecule has 0 saturated heterocycles. The van der Waals surface area contributed by atoms with Crippen molar-refractivity contribution in [3.05, 3.63) is 73.3 Å². The lowest BCUT2D eigenvalue weighted by Gasteiger charge is -2.44. The third-order valence-electron chi connectivity index (χ3n) is 5.71. The van der Waals surface area contributed by atoms with Gasteiger partial charge < -0.3 is 5.73 Å². The molecule has 0 radical (unpaired) electrons. The molecular weight excluding hydrogens is 503 g/mol. The molecule has 166 valence electrons. The highest BCUT2D eigenvalue weighted by Crippen LogP contribution is 2.52. The third-order valence-corrected chi connectivity index (χ3v) is 7.40. The Balaban J connectivity index is 2.04. The van der Waals surface area contributed by atoms with Gasteiger partial charge in [0.1, 0.15) is 5.82 Å². The number of nitrogens with two attached hydrogens (primary N) is 1. The van der Waals surface area contributed by atoms with Gasteiger partial charge in [0, 0.05) is 22.6 Å². The second-order valence-electron chi connectivity index (χ2n) is 8.64. The fourth-order valence-electron chi connectivity index (χ4n) is 4.46. The molecule has 32 heavy (non-hydrogen) atoms. The summed E-state index contributed by atoms with van der Waals surface area (Å²) in [7, 11) is 0. The van der Waals surface area contributed by atoms with E-state index in [1.165, 1.54) is 34.4 Å². The Labute approximate surface area is 196 Å². The monoisotopic (exact) mass is 521 g/mol. The predicted octanol–water partition coefficient (Wildman–Crippen LogP) is 6.47. The maximum Gasteiger partial charge on any atom is 0.418 e. The van der Waals surface area contributed by atoms with Crippen LogP contribution in [0.3, 0.4) is 0 Å². The van der Waals surface area contributed by atoms with Crippen LogP contribution in [-0.2, 0) is 11.0 Å². The van der Waals surface area contributed by atoms with Gasteiger partial charge in [-0.1, -0.05) is 26.0 Å². The minimum Gasteiger partial charge on any atom is -0.384 e. The summed E-state index contributed by atoms with van der Waals surface area (Å²) in [4.78, 5) is 15.4. The summed E-state index contributed by atoms with van der Waals surface area (Å²) in [5.41, 5.74) is 5.74. The van der Waals surface area contributed by atoms with Gasteiger partial charge >= 0.3 is 6.18 Å². The lowest BCUT2D eigenvalue weighted by atomic mass is 9.69. The zero-order valence-electron chi connectivity index (χ0n) is 17.3. The van der Waals surface area contributed by atoms with Crippen molar-refractivity contribution >= 4 is 38.7 Å². The number of para-hydroxylation sites is 1. The number of alkyl halides is 3.